The van der Waals surface area contributed by atoms with Gasteiger partial charge < -0.3 is 0 Å². The maximum absolute atomic E-state index is 10.8. The Balaban J connectivity index is 2.25. The minimum absolute atomic E-state index is 0.0271. The van der Waals surface area contributed by atoms with Gasteiger partial charge in [0.2, 0.25) is 0 Å². The zero-order valence-electron chi connectivity index (χ0n) is 10.1. The zero-order valence-corrected chi connectivity index (χ0v) is 15.0. The first-order chi connectivity index (χ1) is 9.58. The van der Waals surface area contributed by atoms with Crippen molar-refractivity contribution in [2.45, 2.75) is 0 Å². The molecule has 0 atom stereocenters. The van der Waals surface area contributed by atoms with Crippen molar-refractivity contribution >= 4 is 61.4 Å². The first-order valence-electron chi connectivity index (χ1n) is 5.61. The van der Waals surface area contributed by atoms with Crippen molar-refractivity contribution in [2.75, 3.05) is 0 Å². The molecule has 2 aromatic rings. The molecule has 0 aliphatic carbocycles. The Morgan fingerprint density at radius 2 is 1.75 bits per heavy atom. The van der Waals surface area contributed by atoms with Gasteiger partial charge in [0, 0.05) is 0 Å². The topological polar surface area (TPSA) is 43.1 Å². The van der Waals surface area contributed by atoms with Crippen LogP contribution in [0.5, 0.6) is 0 Å². The summed E-state index contributed by atoms with van der Waals surface area (Å²) in [5, 5.41) is 10.8. The van der Waals surface area contributed by atoms with E-state index in [0.29, 0.717) is 0 Å². The molecule has 0 fully saturated rings. The first-order valence-corrected chi connectivity index (χ1v) is 8.91. The molecular formula is C14H9Br2NO2Se. The summed E-state index contributed by atoms with van der Waals surface area (Å²) in [6.45, 7) is 0. The monoisotopic (exact) mass is 461 g/mol. The van der Waals surface area contributed by atoms with Gasteiger partial charge in [-0.2, -0.15) is 0 Å². The van der Waals surface area contributed by atoms with Crippen molar-refractivity contribution < 1.29 is 4.92 Å². The van der Waals surface area contributed by atoms with Gasteiger partial charge in [0.25, 0.3) is 0 Å². The molecular weight excluding hydrogens is 453 g/mol. The summed E-state index contributed by atoms with van der Waals surface area (Å²) in [7, 11) is 0. The Hall–Kier alpha value is -0.941. The predicted molar refractivity (Wildman–Crippen MR) is 89.7 cm³/mol. The van der Waals surface area contributed by atoms with E-state index < -0.39 is 0 Å². The molecule has 102 valence electrons. The predicted octanol–water partition coefficient (Wildman–Crippen LogP) is 4.04. The average Bonchev–Trinajstić information content (AvgIpc) is 2.47. The van der Waals surface area contributed by atoms with Gasteiger partial charge in [-0.25, -0.2) is 0 Å². The van der Waals surface area contributed by atoms with E-state index in [1.54, 1.807) is 12.1 Å². The second-order valence-electron chi connectivity index (χ2n) is 3.81. The fourth-order valence-electron chi connectivity index (χ4n) is 1.51. The van der Waals surface area contributed by atoms with Gasteiger partial charge in [-0.1, -0.05) is 0 Å². The number of nitrogens with zero attached hydrogens (tertiary/aromatic N) is 1. The number of hydrogen-bond acceptors (Lipinski definition) is 2. The summed E-state index contributed by atoms with van der Waals surface area (Å²) in [5.74, 6) is 0. The van der Waals surface area contributed by atoms with Crippen LogP contribution in [0.3, 0.4) is 0 Å². The third-order valence-electron chi connectivity index (χ3n) is 2.44. The molecule has 0 saturated carbocycles. The van der Waals surface area contributed by atoms with E-state index in [9.17, 15) is 10.1 Å². The quantitative estimate of drug-likeness (QED) is 0.392. The molecule has 0 spiro atoms. The molecule has 0 aliphatic heterocycles. The molecule has 0 bridgehead atoms. The maximum atomic E-state index is 10.8. The molecule has 0 unspecified atom stereocenters. The van der Waals surface area contributed by atoms with E-state index in [-0.39, 0.29) is 25.6 Å². The van der Waals surface area contributed by atoms with Gasteiger partial charge in [-0.05, 0) is 0 Å². The number of non-ortho nitro benzene ring substituents is 1. The van der Waals surface area contributed by atoms with Gasteiger partial charge in [0.05, 0.1) is 0 Å². The number of benzene rings is 2. The standard InChI is InChI=1S/C14H9Br2NO2Se/c15-13(10-5-2-1-3-6-10)14(16)20-12-8-4-7-11(9-12)17(18)19/h1-9H/b14-13+. The van der Waals surface area contributed by atoms with Crippen LogP contribution in [-0.4, -0.2) is 19.9 Å². The Labute approximate surface area is 139 Å². The average molecular weight is 462 g/mol. The van der Waals surface area contributed by atoms with E-state index in [1.807, 2.05) is 36.4 Å². The van der Waals surface area contributed by atoms with Crippen molar-refractivity contribution in [3.8, 4) is 0 Å². The van der Waals surface area contributed by atoms with E-state index in [4.69, 9.17) is 0 Å². The number of nitro groups is 1. The summed E-state index contributed by atoms with van der Waals surface area (Å²) in [6.07, 6.45) is 0. The molecule has 0 N–H and O–H groups in total. The van der Waals surface area contributed by atoms with Crippen molar-refractivity contribution in [3.63, 3.8) is 0 Å². The molecule has 20 heavy (non-hydrogen) atoms. The van der Waals surface area contributed by atoms with E-state index in [2.05, 4.69) is 31.9 Å². The number of rotatable bonds is 4. The zero-order chi connectivity index (χ0) is 14.5. The number of hydrogen-bond donors (Lipinski definition) is 0. The van der Waals surface area contributed by atoms with Crippen LogP contribution in [0.25, 0.3) is 4.48 Å². The fourth-order valence-corrected chi connectivity index (χ4v) is 4.95. The fraction of sp³-hybridized carbons (Fsp3) is 0. The summed E-state index contributed by atoms with van der Waals surface area (Å²) in [5.41, 5.74) is 1.20. The molecule has 0 aliphatic rings. The van der Waals surface area contributed by atoms with Crippen LogP contribution in [-0.2, 0) is 0 Å². The van der Waals surface area contributed by atoms with Crippen LogP contribution in [0.4, 0.5) is 5.69 Å². The summed E-state index contributed by atoms with van der Waals surface area (Å²) in [6, 6.07) is 16.7. The third-order valence-corrected chi connectivity index (χ3v) is 7.48. The van der Waals surface area contributed by atoms with Crippen LogP contribution in [0.15, 0.2) is 58.0 Å². The SMILES string of the molecule is O=[N+]([O-])c1cccc([Se]/C(Br)=C(/Br)c2ccccc2)c1. The van der Waals surface area contributed by atoms with Gasteiger partial charge >= 0.3 is 140 Å². The van der Waals surface area contributed by atoms with Crippen molar-refractivity contribution in [3.05, 3.63) is 73.7 Å². The van der Waals surface area contributed by atoms with Gasteiger partial charge in [0.1, 0.15) is 0 Å². The summed E-state index contributed by atoms with van der Waals surface area (Å²) in [4.78, 5) is 10.4. The molecule has 0 saturated heterocycles. The number of halogens is 2. The Morgan fingerprint density at radius 3 is 2.40 bits per heavy atom. The second kappa shape index (κ2) is 7.18. The second-order valence-corrected chi connectivity index (χ2v) is 8.85. The van der Waals surface area contributed by atoms with Crippen molar-refractivity contribution in [1.29, 1.82) is 0 Å². The molecule has 2 aromatic carbocycles. The van der Waals surface area contributed by atoms with Gasteiger partial charge in [-0.3, -0.25) is 0 Å². The molecule has 3 nitrogen and oxygen atoms in total. The summed E-state index contributed by atoms with van der Waals surface area (Å²) >= 11 is 7.11. The van der Waals surface area contributed by atoms with Gasteiger partial charge in [0.15, 0.2) is 0 Å². The molecule has 0 heterocycles. The molecule has 0 amide bonds. The van der Waals surface area contributed by atoms with Crippen molar-refractivity contribution in [2.24, 2.45) is 0 Å². The Bertz CT molecular complexity index is 659. The van der Waals surface area contributed by atoms with Crippen LogP contribution in [0.1, 0.15) is 5.56 Å². The normalized spacial score (nSPS) is 11.9. The van der Waals surface area contributed by atoms with Crippen LogP contribution in [0, 0.1) is 10.1 Å². The molecule has 0 aromatic heterocycles. The van der Waals surface area contributed by atoms with Crippen LogP contribution >= 0.6 is 31.9 Å². The molecule has 0 radical (unpaired) electrons. The van der Waals surface area contributed by atoms with Crippen molar-refractivity contribution in [1.82, 2.24) is 0 Å². The van der Waals surface area contributed by atoms with E-state index in [1.165, 1.54) is 6.07 Å². The molecule has 6 heteroatoms. The Morgan fingerprint density at radius 1 is 1.05 bits per heavy atom. The van der Waals surface area contributed by atoms with Crippen LogP contribution in [0.2, 0.25) is 0 Å². The minimum atomic E-state index is -0.372. The third kappa shape index (κ3) is 4.03. The first kappa shape index (κ1) is 15.4. The van der Waals surface area contributed by atoms with Crippen LogP contribution < -0.4 is 4.46 Å². The Kier molecular flexibility index (Phi) is 5.54. The number of nitro benzene ring substituents is 1. The van der Waals surface area contributed by atoms with E-state index >= 15 is 0 Å². The summed E-state index contributed by atoms with van der Waals surface area (Å²) < 4.78 is 2.94. The molecule has 2 rings (SSSR count). The van der Waals surface area contributed by atoms with Gasteiger partial charge in [-0.15, -0.1) is 0 Å². The van der Waals surface area contributed by atoms with E-state index in [0.717, 1.165) is 17.9 Å².